The van der Waals surface area contributed by atoms with Crippen molar-refractivity contribution in [2.75, 3.05) is 0 Å². The van der Waals surface area contributed by atoms with Gasteiger partial charge in [-0.2, -0.15) is 0 Å². The average Bonchev–Trinajstić information content (AvgIpc) is 2.18. The summed E-state index contributed by atoms with van der Waals surface area (Å²) in [5.74, 6) is 0.761. The predicted octanol–water partition coefficient (Wildman–Crippen LogP) is 1.93. The molecule has 1 saturated carbocycles. The topological polar surface area (TPSA) is 17.1 Å². The zero-order valence-corrected chi connectivity index (χ0v) is 5.60. The number of hydrogen-bond donors (Lipinski definition) is 0. The number of hydrogen-bond acceptors (Lipinski definition) is 1. The van der Waals surface area contributed by atoms with Gasteiger partial charge in [0, 0.05) is 12.3 Å². The fraction of sp³-hybridized carbons (Fsp3) is 0.625. The van der Waals surface area contributed by atoms with Gasteiger partial charge in [0.2, 0.25) is 0 Å². The van der Waals surface area contributed by atoms with Crippen molar-refractivity contribution in [1.82, 2.24) is 0 Å². The van der Waals surface area contributed by atoms with Gasteiger partial charge in [-0.15, -0.1) is 6.58 Å². The Balaban J connectivity index is 2.39. The van der Waals surface area contributed by atoms with E-state index in [1.54, 1.807) is 0 Å². The summed E-state index contributed by atoms with van der Waals surface area (Å²) in [6, 6.07) is 0. The SMILES string of the molecule is C=CC[C@@H]1CCCC1=O. The maximum absolute atomic E-state index is 10.9. The molecule has 0 aliphatic heterocycles. The first kappa shape index (κ1) is 6.53. The van der Waals surface area contributed by atoms with Crippen LogP contribution in [0.5, 0.6) is 0 Å². The van der Waals surface area contributed by atoms with E-state index in [2.05, 4.69) is 6.58 Å². The molecule has 1 aliphatic carbocycles. The predicted molar refractivity (Wildman–Crippen MR) is 37.2 cm³/mol. The van der Waals surface area contributed by atoms with E-state index in [1.165, 1.54) is 0 Å². The molecule has 9 heavy (non-hydrogen) atoms. The minimum atomic E-state index is 0.322. The molecule has 0 saturated heterocycles. The first-order chi connectivity index (χ1) is 4.34. The first-order valence-corrected chi connectivity index (χ1v) is 3.48. The van der Waals surface area contributed by atoms with Crippen LogP contribution in [0.2, 0.25) is 0 Å². The van der Waals surface area contributed by atoms with Crippen molar-refractivity contribution in [2.24, 2.45) is 5.92 Å². The van der Waals surface area contributed by atoms with E-state index in [-0.39, 0.29) is 0 Å². The van der Waals surface area contributed by atoms with Crippen LogP contribution in [0.15, 0.2) is 12.7 Å². The molecule has 0 bridgehead atoms. The Labute approximate surface area is 55.8 Å². The van der Waals surface area contributed by atoms with Crippen molar-refractivity contribution in [3.63, 3.8) is 0 Å². The highest BCUT2D eigenvalue weighted by molar-refractivity contribution is 5.82. The van der Waals surface area contributed by atoms with Gasteiger partial charge < -0.3 is 0 Å². The molecule has 1 aliphatic rings. The molecule has 0 aromatic rings. The van der Waals surface area contributed by atoms with Crippen LogP contribution in [0, 0.1) is 5.92 Å². The van der Waals surface area contributed by atoms with Crippen LogP contribution < -0.4 is 0 Å². The lowest BCUT2D eigenvalue weighted by molar-refractivity contribution is -0.120. The van der Waals surface area contributed by atoms with Crippen LogP contribution in [0.1, 0.15) is 25.7 Å². The Morgan fingerprint density at radius 2 is 2.56 bits per heavy atom. The summed E-state index contributed by atoms with van der Waals surface area (Å²) < 4.78 is 0. The Kier molecular flexibility index (Phi) is 2.04. The lowest BCUT2D eigenvalue weighted by atomic mass is 10.0. The minimum Gasteiger partial charge on any atom is -0.299 e. The van der Waals surface area contributed by atoms with Crippen LogP contribution in [0.25, 0.3) is 0 Å². The lowest BCUT2D eigenvalue weighted by Gasteiger charge is -2.00. The van der Waals surface area contributed by atoms with Crippen molar-refractivity contribution < 1.29 is 4.79 Å². The lowest BCUT2D eigenvalue weighted by Crippen LogP contribution is -2.03. The summed E-state index contributed by atoms with van der Waals surface area (Å²) in [5.41, 5.74) is 0. The summed E-state index contributed by atoms with van der Waals surface area (Å²) >= 11 is 0. The van der Waals surface area contributed by atoms with Gasteiger partial charge >= 0.3 is 0 Å². The van der Waals surface area contributed by atoms with E-state index in [9.17, 15) is 4.79 Å². The highest BCUT2D eigenvalue weighted by atomic mass is 16.1. The van der Waals surface area contributed by atoms with Gasteiger partial charge in [0.15, 0.2) is 0 Å². The number of rotatable bonds is 2. The number of carbonyl (C=O) groups excluding carboxylic acids is 1. The molecule has 0 aromatic carbocycles. The van der Waals surface area contributed by atoms with Gasteiger partial charge in [-0.3, -0.25) is 4.79 Å². The fourth-order valence-electron chi connectivity index (χ4n) is 1.34. The number of allylic oxidation sites excluding steroid dienone is 1. The van der Waals surface area contributed by atoms with E-state index < -0.39 is 0 Å². The molecule has 0 N–H and O–H groups in total. The molecular formula is C8H12O. The Bertz CT molecular complexity index is 127. The highest BCUT2D eigenvalue weighted by Gasteiger charge is 2.22. The van der Waals surface area contributed by atoms with E-state index >= 15 is 0 Å². The molecule has 0 radical (unpaired) electrons. The molecule has 50 valence electrons. The normalized spacial score (nSPS) is 26.7. The Hall–Kier alpha value is -0.590. The molecular weight excluding hydrogens is 112 g/mol. The molecule has 0 spiro atoms. The summed E-state index contributed by atoms with van der Waals surface area (Å²) in [4.78, 5) is 10.9. The van der Waals surface area contributed by atoms with Gasteiger partial charge in [-0.05, 0) is 19.3 Å². The first-order valence-electron chi connectivity index (χ1n) is 3.48. The van der Waals surface area contributed by atoms with E-state index in [1.807, 2.05) is 6.08 Å². The van der Waals surface area contributed by atoms with E-state index in [0.29, 0.717) is 11.7 Å². The standard InChI is InChI=1S/C8H12O/c1-2-4-7-5-3-6-8(7)9/h2,7H,1,3-6H2/t7-/m1/s1. The third-order valence-electron chi connectivity index (χ3n) is 1.88. The zero-order chi connectivity index (χ0) is 6.69. The third kappa shape index (κ3) is 1.41. The van der Waals surface area contributed by atoms with Crippen molar-refractivity contribution in [1.29, 1.82) is 0 Å². The van der Waals surface area contributed by atoms with Crippen LogP contribution in [-0.2, 0) is 4.79 Å². The monoisotopic (exact) mass is 124 g/mol. The van der Waals surface area contributed by atoms with Gasteiger partial charge in [-0.25, -0.2) is 0 Å². The van der Waals surface area contributed by atoms with Crippen LogP contribution in [-0.4, -0.2) is 5.78 Å². The van der Waals surface area contributed by atoms with Gasteiger partial charge in [0.05, 0.1) is 0 Å². The van der Waals surface area contributed by atoms with Crippen molar-refractivity contribution in [3.8, 4) is 0 Å². The van der Waals surface area contributed by atoms with Gasteiger partial charge in [-0.1, -0.05) is 6.08 Å². The number of carbonyl (C=O) groups is 1. The summed E-state index contributed by atoms with van der Waals surface area (Å²) in [5, 5.41) is 0. The zero-order valence-electron chi connectivity index (χ0n) is 5.60. The highest BCUT2D eigenvalue weighted by Crippen LogP contribution is 2.23. The van der Waals surface area contributed by atoms with Crippen molar-refractivity contribution in [2.45, 2.75) is 25.7 Å². The molecule has 1 fully saturated rings. The molecule has 1 rings (SSSR count). The van der Waals surface area contributed by atoms with Gasteiger partial charge in [0.1, 0.15) is 5.78 Å². The average molecular weight is 124 g/mol. The summed E-state index contributed by atoms with van der Waals surface area (Å²) in [6.45, 7) is 3.61. The Morgan fingerprint density at radius 1 is 1.78 bits per heavy atom. The fourth-order valence-corrected chi connectivity index (χ4v) is 1.34. The van der Waals surface area contributed by atoms with Crippen molar-refractivity contribution >= 4 is 5.78 Å². The van der Waals surface area contributed by atoms with E-state index in [4.69, 9.17) is 0 Å². The second kappa shape index (κ2) is 2.81. The van der Waals surface area contributed by atoms with Crippen molar-refractivity contribution in [3.05, 3.63) is 12.7 Å². The smallest absolute Gasteiger partial charge is 0.136 e. The quantitative estimate of drug-likeness (QED) is 0.514. The summed E-state index contributed by atoms with van der Waals surface area (Å²) in [6.07, 6.45) is 5.72. The maximum atomic E-state index is 10.9. The molecule has 0 aromatic heterocycles. The molecule has 0 amide bonds. The van der Waals surface area contributed by atoms with Gasteiger partial charge in [0.25, 0.3) is 0 Å². The second-order valence-electron chi connectivity index (χ2n) is 2.58. The maximum Gasteiger partial charge on any atom is 0.136 e. The number of ketones is 1. The number of Topliss-reactive ketones (excluding diaryl/α,β-unsaturated/α-hetero) is 1. The molecule has 0 unspecified atom stereocenters. The molecule has 1 atom stereocenters. The van der Waals surface area contributed by atoms with E-state index in [0.717, 1.165) is 25.7 Å². The molecule has 1 heteroatoms. The third-order valence-corrected chi connectivity index (χ3v) is 1.88. The molecule has 1 nitrogen and oxygen atoms in total. The second-order valence-corrected chi connectivity index (χ2v) is 2.58. The largest absolute Gasteiger partial charge is 0.299 e. The van der Waals surface area contributed by atoms with Crippen LogP contribution in [0.3, 0.4) is 0 Å². The van der Waals surface area contributed by atoms with Crippen LogP contribution in [0.4, 0.5) is 0 Å². The summed E-state index contributed by atoms with van der Waals surface area (Å²) in [7, 11) is 0. The van der Waals surface area contributed by atoms with Crippen LogP contribution >= 0.6 is 0 Å². The Morgan fingerprint density at radius 3 is 3.00 bits per heavy atom. The minimum absolute atomic E-state index is 0.322. The molecule has 0 heterocycles.